The Kier molecular flexibility index (Phi) is 4.30. The van der Waals surface area contributed by atoms with Gasteiger partial charge in [-0.2, -0.15) is 0 Å². The van der Waals surface area contributed by atoms with Crippen LogP contribution in [0.15, 0.2) is 22.7 Å². The van der Waals surface area contributed by atoms with Gasteiger partial charge < -0.3 is 9.30 Å². The molecule has 1 fully saturated rings. The van der Waals surface area contributed by atoms with Crippen molar-refractivity contribution >= 4 is 38.6 Å². The fourth-order valence-electron chi connectivity index (χ4n) is 2.90. The van der Waals surface area contributed by atoms with Crippen LogP contribution >= 0.6 is 27.5 Å². The van der Waals surface area contributed by atoms with Crippen LogP contribution in [0.3, 0.4) is 0 Å². The zero-order valence-corrected chi connectivity index (χ0v) is 14.7. The zero-order valence-electron chi connectivity index (χ0n) is 12.4. The van der Waals surface area contributed by atoms with E-state index in [9.17, 15) is 0 Å². The van der Waals surface area contributed by atoms with Crippen molar-refractivity contribution in [2.24, 2.45) is 5.41 Å². The van der Waals surface area contributed by atoms with Crippen molar-refractivity contribution in [1.82, 2.24) is 9.55 Å². The van der Waals surface area contributed by atoms with Crippen molar-refractivity contribution in [2.75, 3.05) is 13.7 Å². The molecule has 1 aliphatic rings. The molecular weight excluding hydrogens is 352 g/mol. The van der Waals surface area contributed by atoms with Crippen LogP contribution < -0.4 is 0 Å². The van der Waals surface area contributed by atoms with Gasteiger partial charge in [-0.3, -0.25) is 0 Å². The van der Waals surface area contributed by atoms with Crippen molar-refractivity contribution in [3.05, 3.63) is 28.5 Å². The van der Waals surface area contributed by atoms with Crippen molar-refractivity contribution < 1.29 is 4.74 Å². The molecule has 5 heteroatoms. The number of hydrogen-bond acceptors (Lipinski definition) is 2. The largest absolute Gasteiger partial charge is 0.385 e. The summed E-state index contributed by atoms with van der Waals surface area (Å²) in [5.41, 5.74) is 2.55. The molecule has 114 valence electrons. The SMILES string of the molecule is COCCC1(Cn2c(C(C)Cl)nc3ccc(Br)cc32)CC1. The smallest absolute Gasteiger partial charge is 0.127 e. The Balaban J connectivity index is 1.99. The molecule has 1 atom stereocenters. The van der Waals surface area contributed by atoms with Crippen LogP contribution in [0, 0.1) is 5.41 Å². The third kappa shape index (κ3) is 3.13. The molecule has 3 rings (SSSR count). The molecule has 1 aromatic heterocycles. The van der Waals surface area contributed by atoms with Gasteiger partial charge >= 0.3 is 0 Å². The number of hydrogen-bond donors (Lipinski definition) is 0. The van der Waals surface area contributed by atoms with Gasteiger partial charge in [0.15, 0.2) is 0 Å². The van der Waals surface area contributed by atoms with Gasteiger partial charge in [0.25, 0.3) is 0 Å². The monoisotopic (exact) mass is 370 g/mol. The normalized spacial score (nSPS) is 18.1. The van der Waals surface area contributed by atoms with Crippen LogP contribution in [0.1, 0.15) is 37.4 Å². The third-order valence-electron chi connectivity index (χ3n) is 4.38. The van der Waals surface area contributed by atoms with Gasteiger partial charge in [-0.05, 0) is 49.8 Å². The van der Waals surface area contributed by atoms with Gasteiger partial charge in [0.05, 0.1) is 16.4 Å². The summed E-state index contributed by atoms with van der Waals surface area (Å²) in [6.07, 6.45) is 3.63. The molecule has 0 bridgehead atoms. The third-order valence-corrected chi connectivity index (χ3v) is 5.07. The van der Waals surface area contributed by atoms with Gasteiger partial charge in [-0.1, -0.05) is 15.9 Å². The lowest BCUT2D eigenvalue weighted by Gasteiger charge is -2.19. The predicted molar refractivity (Wildman–Crippen MR) is 89.9 cm³/mol. The van der Waals surface area contributed by atoms with Crippen molar-refractivity contribution in [3.8, 4) is 0 Å². The Bertz CT molecular complexity index is 649. The van der Waals surface area contributed by atoms with Crippen molar-refractivity contribution in [1.29, 1.82) is 0 Å². The predicted octanol–water partition coefficient (Wildman–Crippen LogP) is 4.92. The van der Waals surface area contributed by atoms with E-state index in [1.165, 1.54) is 12.8 Å². The average molecular weight is 372 g/mol. The first-order valence-electron chi connectivity index (χ1n) is 7.33. The number of aromatic nitrogens is 2. The van der Waals surface area contributed by atoms with Gasteiger partial charge in [-0.25, -0.2) is 4.98 Å². The lowest BCUT2D eigenvalue weighted by Crippen LogP contribution is -2.16. The lowest BCUT2D eigenvalue weighted by atomic mass is 10.0. The summed E-state index contributed by atoms with van der Waals surface area (Å²) in [4.78, 5) is 4.72. The lowest BCUT2D eigenvalue weighted by molar-refractivity contribution is 0.167. The van der Waals surface area contributed by atoms with Crippen molar-refractivity contribution in [2.45, 2.75) is 38.1 Å². The van der Waals surface area contributed by atoms with Crippen LogP contribution in [-0.2, 0) is 11.3 Å². The second kappa shape index (κ2) is 5.90. The topological polar surface area (TPSA) is 27.1 Å². The first-order chi connectivity index (χ1) is 10.0. The number of rotatable bonds is 6. The van der Waals surface area contributed by atoms with E-state index in [1.807, 2.05) is 19.1 Å². The van der Waals surface area contributed by atoms with Crippen LogP contribution in [0.5, 0.6) is 0 Å². The number of benzene rings is 1. The minimum atomic E-state index is -0.0885. The van der Waals surface area contributed by atoms with Crippen LogP contribution in [0.2, 0.25) is 0 Å². The maximum Gasteiger partial charge on any atom is 0.127 e. The maximum absolute atomic E-state index is 6.35. The van der Waals surface area contributed by atoms with Crippen molar-refractivity contribution in [3.63, 3.8) is 0 Å². The van der Waals surface area contributed by atoms with E-state index in [2.05, 4.69) is 26.6 Å². The summed E-state index contributed by atoms with van der Waals surface area (Å²) < 4.78 is 8.64. The van der Waals surface area contributed by atoms with Gasteiger partial charge in [0.1, 0.15) is 5.82 Å². The van der Waals surface area contributed by atoms with E-state index in [-0.39, 0.29) is 5.38 Å². The molecule has 1 unspecified atom stereocenters. The Morgan fingerprint density at radius 3 is 2.86 bits per heavy atom. The second-order valence-electron chi connectivity index (χ2n) is 6.05. The van der Waals surface area contributed by atoms with E-state index >= 15 is 0 Å². The summed E-state index contributed by atoms with van der Waals surface area (Å²) in [6.45, 7) is 3.79. The molecule has 3 nitrogen and oxygen atoms in total. The Morgan fingerprint density at radius 2 is 2.24 bits per heavy atom. The van der Waals surface area contributed by atoms with Crippen LogP contribution in [-0.4, -0.2) is 23.3 Å². The van der Waals surface area contributed by atoms with Gasteiger partial charge in [0.2, 0.25) is 0 Å². The molecule has 0 N–H and O–H groups in total. The Labute approximate surface area is 138 Å². The first kappa shape index (κ1) is 15.3. The fourth-order valence-corrected chi connectivity index (χ4v) is 3.42. The van der Waals surface area contributed by atoms with E-state index in [0.29, 0.717) is 5.41 Å². The highest BCUT2D eigenvalue weighted by Gasteiger charge is 2.43. The Morgan fingerprint density at radius 1 is 1.48 bits per heavy atom. The molecule has 1 aliphatic carbocycles. The average Bonchev–Trinajstić information content (AvgIpc) is 3.13. The summed E-state index contributed by atoms with van der Waals surface area (Å²) in [7, 11) is 1.77. The van der Waals surface area contributed by atoms with E-state index in [0.717, 1.165) is 40.9 Å². The minimum Gasteiger partial charge on any atom is -0.385 e. The molecule has 21 heavy (non-hydrogen) atoms. The molecule has 1 saturated carbocycles. The number of fused-ring (bicyclic) bond motifs is 1. The van der Waals surface area contributed by atoms with Crippen LogP contribution in [0.4, 0.5) is 0 Å². The highest BCUT2D eigenvalue weighted by atomic mass is 79.9. The number of methoxy groups -OCH3 is 1. The van der Waals surface area contributed by atoms with E-state index in [1.54, 1.807) is 7.11 Å². The van der Waals surface area contributed by atoms with E-state index in [4.69, 9.17) is 21.3 Å². The molecule has 1 heterocycles. The number of alkyl halides is 1. The highest BCUT2D eigenvalue weighted by molar-refractivity contribution is 9.10. The Hall–Kier alpha value is -0.580. The quantitative estimate of drug-likeness (QED) is 0.674. The molecular formula is C16H20BrClN2O. The zero-order chi connectivity index (χ0) is 15.0. The molecule has 2 aromatic rings. The van der Waals surface area contributed by atoms with Gasteiger partial charge in [-0.15, -0.1) is 11.6 Å². The number of imidazole rings is 1. The molecule has 0 amide bonds. The molecule has 0 saturated heterocycles. The standard InChI is InChI=1S/C16H20BrClN2O/c1-11(18)15-19-13-4-3-12(17)9-14(13)20(15)10-16(5-6-16)7-8-21-2/h3-4,9,11H,5-8,10H2,1-2H3. The van der Waals surface area contributed by atoms with Gasteiger partial charge in [0, 0.05) is 24.7 Å². The number of ether oxygens (including phenoxy) is 1. The minimum absolute atomic E-state index is 0.0885. The number of halogens is 2. The van der Waals surface area contributed by atoms with Crippen LogP contribution in [0.25, 0.3) is 11.0 Å². The molecule has 0 aliphatic heterocycles. The maximum atomic E-state index is 6.35. The second-order valence-corrected chi connectivity index (χ2v) is 7.62. The number of nitrogens with zero attached hydrogens (tertiary/aromatic N) is 2. The summed E-state index contributed by atoms with van der Waals surface area (Å²) in [5.74, 6) is 0.966. The molecule has 0 radical (unpaired) electrons. The molecule has 1 aromatic carbocycles. The summed E-state index contributed by atoms with van der Waals surface area (Å²) in [6, 6.07) is 6.21. The van der Waals surface area contributed by atoms with E-state index < -0.39 is 0 Å². The molecule has 0 spiro atoms. The summed E-state index contributed by atoms with van der Waals surface area (Å²) in [5, 5.41) is -0.0885. The summed E-state index contributed by atoms with van der Waals surface area (Å²) >= 11 is 9.91. The highest BCUT2D eigenvalue weighted by Crippen LogP contribution is 2.51. The fraction of sp³-hybridized carbons (Fsp3) is 0.562. The first-order valence-corrected chi connectivity index (χ1v) is 8.56.